The van der Waals surface area contributed by atoms with Crippen molar-refractivity contribution in [3.8, 4) is 5.75 Å². The fraction of sp³-hybridized carbons (Fsp3) is 0.303. The van der Waals surface area contributed by atoms with Crippen LogP contribution in [0, 0.1) is 52.4 Å². The van der Waals surface area contributed by atoms with Crippen LogP contribution in [0.4, 0.5) is 15.8 Å². The number of thiazole rings is 1. The normalized spacial score (nSPS) is 27.8. The highest BCUT2D eigenvalue weighted by Crippen LogP contribution is 2.69. The van der Waals surface area contributed by atoms with Crippen LogP contribution in [0.15, 0.2) is 76.6 Å². The zero-order chi connectivity index (χ0) is 31.1. The maximum absolute atomic E-state index is 14.0. The van der Waals surface area contributed by atoms with E-state index in [9.17, 15) is 28.9 Å². The zero-order valence-corrected chi connectivity index (χ0v) is 25.5. The first kappa shape index (κ1) is 28.2. The SMILES string of the molecule is Cc1ccccc1COc1ccc([N+](=O)[O-])cc1[C@@H]1c2sc(=O)[nH]c2S[C@@H]2[C@@H]3C[C@@H]([C@@H]4C(=O)N(c5ccc(F)cc5)C(=O)[C@@H]34)[C@@H]12. The molecule has 2 amide bonds. The number of nitro benzene ring substituents is 1. The van der Waals surface area contributed by atoms with E-state index in [0.29, 0.717) is 28.4 Å². The summed E-state index contributed by atoms with van der Waals surface area (Å²) in [6.45, 7) is 2.24. The van der Waals surface area contributed by atoms with Gasteiger partial charge in [-0.1, -0.05) is 35.6 Å². The summed E-state index contributed by atoms with van der Waals surface area (Å²) in [6.07, 6.45) is 0.663. The number of aromatic nitrogens is 1. The zero-order valence-electron chi connectivity index (χ0n) is 23.8. The monoisotopic (exact) mass is 643 g/mol. The minimum absolute atomic E-state index is 0.0944. The molecule has 0 spiro atoms. The van der Waals surface area contributed by atoms with Crippen molar-refractivity contribution in [2.45, 2.75) is 36.1 Å². The number of hydrogen-bond donors (Lipinski definition) is 1. The van der Waals surface area contributed by atoms with Crippen LogP contribution in [0.2, 0.25) is 0 Å². The van der Waals surface area contributed by atoms with E-state index in [4.69, 9.17) is 4.74 Å². The second-order valence-electron chi connectivity index (χ2n) is 12.1. The molecule has 0 radical (unpaired) electrons. The Balaban J connectivity index is 1.23. The van der Waals surface area contributed by atoms with Crippen molar-refractivity contribution in [1.82, 2.24) is 4.98 Å². The smallest absolute Gasteiger partial charge is 0.305 e. The molecule has 3 aromatic carbocycles. The molecule has 7 atom stereocenters. The summed E-state index contributed by atoms with van der Waals surface area (Å²) < 4.78 is 20.1. The summed E-state index contributed by atoms with van der Waals surface area (Å²) in [5, 5.41) is 12.6. The van der Waals surface area contributed by atoms with Crippen molar-refractivity contribution in [1.29, 1.82) is 0 Å². The van der Waals surface area contributed by atoms with E-state index in [2.05, 4.69) is 4.98 Å². The number of nitrogens with zero attached hydrogens (tertiary/aromatic N) is 2. The van der Waals surface area contributed by atoms with Gasteiger partial charge in [-0.3, -0.25) is 29.4 Å². The van der Waals surface area contributed by atoms with Gasteiger partial charge in [-0.25, -0.2) is 4.39 Å². The minimum Gasteiger partial charge on any atom is -0.489 e. The predicted molar refractivity (Wildman–Crippen MR) is 166 cm³/mol. The lowest BCUT2D eigenvalue weighted by Crippen LogP contribution is -2.42. The number of nitrogens with one attached hydrogen (secondary N) is 1. The Hall–Kier alpha value is -4.29. The molecule has 2 bridgehead atoms. The number of amides is 2. The van der Waals surface area contributed by atoms with Gasteiger partial charge in [0, 0.05) is 33.7 Å². The van der Waals surface area contributed by atoms with Crippen LogP contribution >= 0.6 is 23.1 Å². The molecule has 3 fully saturated rings. The third-order valence-corrected chi connectivity index (χ3v) is 12.6. The fourth-order valence-corrected chi connectivity index (χ4v) is 11.0. The summed E-state index contributed by atoms with van der Waals surface area (Å²) in [5.41, 5.74) is 2.88. The average Bonchev–Trinajstić information content (AvgIpc) is 3.76. The Labute approximate surface area is 264 Å². The molecule has 9 nitrogen and oxygen atoms in total. The van der Waals surface area contributed by atoms with Crippen LogP contribution in [-0.4, -0.2) is 27.0 Å². The predicted octanol–water partition coefficient (Wildman–Crippen LogP) is 6.05. The highest BCUT2D eigenvalue weighted by Gasteiger charge is 2.70. The van der Waals surface area contributed by atoms with Crippen LogP contribution in [-0.2, 0) is 16.2 Å². The number of carbonyl (C=O) groups excluding carboxylic acids is 2. The summed E-state index contributed by atoms with van der Waals surface area (Å²) in [7, 11) is 0. The van der Waals surface area contributed by atoms with Gasteiger partial charge in [0.15, 0.2) is 0 Å². The number of fused-ring (bicyclic) bond motifs is 9. The Morgan fingerprint density at radius 1 is 1.02 bits per heavy atom. The molecular weight excluding hydrogens is 618 g/mol. The number of halogens is 1. The lowest BCUT2D eigenvalue weighted by molar-refractivity contribution is -0.385. The molecule has 1 saturated heterocycles. The maximum Gasteiger partial charge on any atom is 0.305 e. The van der Waals surface area contributed by atoms with Crippen molar-refractivity contribution < 1.29 is 23.6 Å². The van der Waals surface area contributed by atoms with Gasteiger partial charge < -0.3 is 9.72 Å². The fourth-order valence-electron chi connectivity index (χ4n) is 8.16. The molecule has 3 heterocycles. The number of anilines is 1. The first-order valence-electron chi connectivity index (χ1n) is 14.7. The van der Waals surface area contributed by atoms with Crippen LogP contribution in [0.25, 0.3) is 0 Å². The van der Waals surface area contributed by atoms with Gasteiger partial charge in [0.05, 0.1) is 27.5 Å². The number of rotatable bonds is 6. The third kappa shape index (κ3) is 4.29. The number of benzene rings is 3. The van der Waals surface area contributed by atoms with Gasteiger partial charge in [0.25, 0.3) is 5.69 Å². The lowest BCUT2D eigenvalue weighted by Gasteiger charge is -2.43. The number of aromatic amines is 1. The highest BCUT2D eigenvalue weighted by molar-refractivity contribution is 8.00. The summed E-state index contributed by atoms with van der Waals surface area (Å²) in [6, 6.07) is 17.8. The first-order valence-corrected chi connectivity index (χ1v) is 16.4. The van der Waals surface area contributed by atoms with E-state index < -0.39 is 28.5 Å². The van der Waals surface area contributed by atoms with E-state index >= 15 is 0 Å². The van der Waals surface area contributed by atoms with Crippen molar-refractivity contribution >= 4 is 46.3 Å². The topological polar surface area (TPSA) is 123 Å². The Morgan fingerprint density at radius 2 is 1.76 bits per heavy atom. The Morgan fingerprint density at radius 3 is 2.49 bits per heavy atom. The third-order valence-electron chi connectivity index (χ3n) is 9.99. The Kier molecular flexibility index (Phi) is 6.51. The number of carbonyl (C=O) groups is 2. The van der Waals surface area contributed by atoms with Crippen molar-refractivity contribution in [2.75, 3.05) is 4.90 Å². The number of hydrogen-bond acceptors (Lipinski definition) is 8. The molecule has 1 N–H and O–H groups in total. The molecule has 12 heteroatoms. The van der Waals surface area contributed by atoms with E-state index in [0.717, 1.165) is 27.3 Å². The minimum atomic E-state index is -0.566. The summed E-state index contributed by atoms with van der Waals surface area (Å²) >= 11 is 2.62. The molecule has 2 saturated carbocycles. The molecule has 4 aliphatic rings. The van der Waals surface area contributed by atoms with E-state index in [-0.39, 0.29) is 52.0 Å². The number of nitro groups is 1. The van der Waals surface area contributed by atoms with Crippen molar-refractivity contribution in [3.05, 3.63) is 114 Å². The van der Waals surface area contributed by atoms with Gasteiger partial charge >= 0.3 is 4.87 Å². The van der Waals surface area contributed by atoms with E-state index in [1.165, 1.54) is 53.1 Å². The van der Waals surface area contributed by atoms with E-state index in [1.807, 2.05) is 31.2 Å². The molecular formula is C33H26FN3O6S2. The van der Waals surface area contributed by atoms with Crippen LogP contribution in [0.1, 0.15) is 33.9 Å². The number of non-ortho nitro benzene ring substituents is 1. The number of thioether (sulfide) groups is 1. The molecule has 8 rings (SSSR count). The molecule has 1 aromatic heterocycles. The van der Waals surface area contributed by atoms with Gasteiger partial charge in [0.2, 0.25) is 11.8 Å². The summed E-state index contributed by atoms with van der Waals surface area (Å²) in [4.78, 5) is 56.8. The molecule has 228 valence electrons. The van der Waals surface area contributed by atoms with Crippen LogP contribution in [0.3, 0.4) is 0 Å². The van der Waals surface area contributed by atoms with Crippen LogP contribution < -0.4 is 14.5 Å². The van der Waals surface area contributed by atoms with Crippen LogP contribution in [0.5, 0.6) is 5.75 Å². The van der Waals surface area contributed by atoms with Gasteiger partial charge in [0.1, 0.15) is 18.2 Å². The molecule has 0 unspecified atom stereocenters. The van der Waals surface area contributed by atoms with Gasteiger partial charge in [-0.2, -0.15) is 0 Å². The van der Waals surface area contributed by atoms with E-state index in [1.54, 1.807) is 6.07 Å². The first-order chi connectivity index (χ1) is 21.7. The maximum atomic E-state index is 14.0. The average molecular weight is 644 g/mol. The summed E-state index contributed by atoms with van der Waals surface area (Å²) in [5.74, 6) is -2.60. The number of H-pyrrole nitrogens is 1. The standard InChI is InChI=1S/C33H26FN3O6S2/c1-15-4-2-3-5-16(15)14-43-23-11-10-19(37(41)42)12-20(23)24-25-21-13-22(28(25)44-30-29(24)45-33(40)35-30)27-26(21)31(38)36(32(27)39)18-8-6-17(34)7-9-18/h2-12,21-22,24-28H,13-14H2,1H3,(H,35,40)/t21-,22-,24+,25+,26+,27+,28-/m1/s1. The van der Waals surface area contributed by atoms with Crippen molar-refractivity contribution in [3.63, 3.8) is 0 Å². The Bertz CT molecular complexity index is 1960. The highest BCUT2D eigenvalue weighted by atomic mass is 32.2. The number of ether oxygens (including phenoxy) is 1. The number of imide groups is 1. The largest absolute Gasteiger partial charge is 0.489 e. The quantitative estimate of drug-likeness (QED) is 0.154. The molecule has 4 aromatic rings. The lowest BCUT2D eigenvalue weighted by atomic mass is 9.68. The molecule has 2 aliphatic heterocycles. The molecule has 2 aliphatic carbocycles. The van der Waals surface area contributed by atoms with Gasteiger partial charge in [-0.05, 0) is 72.6 Å². The second-order valence-corrected chi connectivity index (χ2v) is 14.3. The van der Waals surface area contributed by atoms with Crippen molar-refractivity contribution in [2.24, 2.45) is 29.6 Å². The number of aryl methyl sites for hydroxylation is 1. The van der Waals surface area contributed by atoms with Gasteiger partial charge in [-0.15, -0.1) is 11.8 Å². The molecule has 45 heavy (non-hydrogen) atoms. The second kappa shape index (κ2) is 10.4.